The molecule has 0 radical (unpaired) electrons. The zero-order chi connectivity index (χ0) is 25.9. The number of nitrogens with one attached hydrogen (secondary N) is 1. The number of benzene rings is 3. The summed E-state index contributed by atoms with van der Waals surface area (Å²) in [6.07, 6.45) is 0. The van der Waals surface area contributed by atoms with Crippen molar-refractivity contribution in [2.75, 3.05) is 18.8 Å². The Hall–Kier alpha value is -2.59. The molecular formula is C26H28ClF2N5S2. The molecule has 0 spiro atoms. The molecular weight excluding hydrogens is 520 g/mol. The molecule has 3 aromatic carbocycles. The fourth-order valence-electron chi connectivity index (χ4n) is 3.52. The number of nitrogens with zero attached hydrogens (tertiary/aromatic N) is 3. The number of hydrogen-bond acceptors (Lipinski definition) is 5. The van der Waals surface area contributed by atoms with Gasteiger partial charge >= 0.3 is 0 Å². The van der Waals surface area contributed by atoms with E-state index in [-0.39, 0.29) is 5.92 Å². The fourth-order valence-corrected chi connectivity index (χ4v) is 4.57. The van der Waals surface area contributed by atoms with E-state index in [0.717, 1.165) is 34.9 Å². The van der Waals surface area contributed by atoms with Gasteiger partial charge in [-0.15, -0.1) is 0 Å². The Morgan fingerprint density at radius 2 is 1.75 bits per heavy atom. The molecule has 4 rings (SSSR count). The van der Waals surface area contributed by atoms with E-state index < -0.39 is 11.6 Å². The second kappa shape index (κ2) is 14.2. The van der Waals surface area contributed by atoms with Gasteiger partial charge in [-0.3, -0.25) is 9.86 Å². The summed E-state index contributed by atoms with van der Waals surface area (Å²) in [7, 11) is 0. The molecule has 3 N–H and O–H groups in total. The first kappa shape index (κ1) is 28.0. The molecule has 190 valence electrons. The van der Waals surface area contributed by atoms with E-state index in [1.807, 2.05) is 56.3 Å². The molecule has 10 heteroatoms. The van der Waals surface area contributed by atoms with E-state index in [9.17, 15) is 8.78 Å². The van der Waals surface area contributed by atoms with Crippen LogP contribution in [0.2, 0.25) is 5.02 Å². The average molecular weight is 548 g/mol. The van der Waals surface area contributed by atoms with E-state index in [1.165, 1.54) is 24.1 Å². The van der Waals surface area contributed by atoms with Crippen molar-refractivity contribution in [2.24, 2.45) is 15.2 Å². The van der Waals surface area contributed by atoms with Crippen molar-refractivity contribution in [2.45, 2.75) is 24.7 Å². The lowest BCUT2D eigenvalue weighted by molar-refractivity contribution is 0.464. The molecule has 0 saturated carbocycles. The minimum Gasteiger partial charge on any atom is -0.295 e. The van der Waals surface area contributed by atoms with Gasteiger partial charge in [0.05, 0.1) is 18.8 Å². The summed E-state index contributed by atoms with van der Waals surface area (Å²) in [6.45, 7) is 5.00. The lowest BCUT2D eigenvalue weighted by atomic mass is 9.91. The first-order valence-corrected chi connectivity index (χ1v) is 13.7. The number of hydrogen-bond donors (Lipinski definition) is 2. The third-order valence-corrected chi connectivity index (χ3v) is 6.49. The zero-order valence-electron chi connectivity index (χ0n) is 20.0. The van der Waals surface area contributed by atoms with Gasteiger partial charge in [-0.05, 0) is 47.3 Å². The van der Waals surface area contributed by atoms with Gasteiger partial charge in [0.1, 0.15) is 11.6 Å². The van der Waals surface area contributed by atoms with Gasteiger partial charge in [-0.2, -0.15) is 5.10 Å². The van der Waals surface area contributed by atoms with Crippen molar-refractivity contribution in [1.29, 1.82) is 0 Å². The largest absolute Gasteiger partial charge is 0.295 e. The highest BCUT2D eigenvalue weighted by molar-refractivity contribution is 7.98. The van der Waals surface area contributed by atoms with Gasteiger partial charge in [-0.1, -0.05) is 79.9 Å². The Bertz CT molecular complexity index is 1160. The molecule has 1 heterocycles. The van der Waals surface area contributed by atoms with Crippen LogP contribution in [0.3, 0.4) is 0 Å². The summed E-state index contributed by atoms with van der Waals surface area (Å²) in [5.74, 6) is -0.191. The van der Waals surface area contributed by atoms with Crippen LogP contribution in [-0.4, -0.2) is 35.5 Å². The first-order valence-electron chi connectivity index (χ1n) is 11.5. The molecule has 36 heavy (non-hydrogen) atoms. The van der Waals surface area contributed by atoms with Crippen molar-refractivity contribution < 1.29 is 8.78 Å². The van der Waals surface area contributed by atoms with Crippen LogP contribution < -0.4 is 9.86 Å². The van der Waals surface area contributed by atoms with Crippen molar-refractivity contribution in [3.63, 3.8) is 0 Å². The van der Waals surface area contributed by atoms with Crippen LogP contribution in [0.1, 0.15) is 30.9 Å². The summed E-state index contributed by atoms with van der Waals surface area (Å²) in [4.78, 5) is 5.01. The van der Waals surface area contributed by atoms with Crippen molar-refractivity contribution in [3.05, 3.63) is 101 Å². The molecule has 1 unspecified atom stereocenters. The minimum atomic E-state index is -0.643. The molecule has 1 aliphatic heterocycles. The predicted molar refractivity (Wildman–Crippen MR) is 150 cm³/mol. The van der Waals surface area contributed by atoms with Gasteiger partial charge in [0.25, 0.3) is 0 Å². The monoisotopic (exact) mass is 547 g/mol. The van der Waals surface area contributed by atoms with E-state index in [0.29, 0.717) is 34.7 Å². The molecule has 0 aliphatic carbocycles. The second-order valence-electron chi connectivity index (χ2n) is 7.42. The third-order valence-electron chi connectivity index (χ3n) is 5.07. The smallest absolute Gasteiger partial charge is 0.225 e. The maximum Gasteiger partial charge on any atom is 0.225 e. The zero-order valence-corrected chi connectivity index (χ0v) is 22.4. The summed E-state index contributed by atoms with van der Waals surface area (Å²) in [5.41, 5.74) is 2.96. The molecule has 0 aromatic heterocycles. The van der Waals surface area contributed by atoms with Crippen molar-refractivity contribution in [3.8, 4) is 0 Å². The van der Waals surface area contributed by atoms with E-state index >= 15 is 0 Å². The summed E-state index contributed by atoms with van der Waals surface area (Å²) < 4.78 is 30.4. The Balaban J connectivity index is 0.00000176. The molecule has 1 atom stereocenters. The Labute approximate surface area is 224 Å². The van der Waals surface area contributed by atoms with Gasteiger partial charge in [0.15, 0.2) is 0 Å². The molecule has 0 bridgehead atoms. The highest BCUT2D eigenvalue weighted by Gasteiger charge is 2.31. The first-order chi connectivity index (χ1) is 17.5. The van der Waals surface area contributed by atoms with E-state index in [2.05, 4.69) is 21.8 Å². The maximum absolute atomic E-state index is 13.6. The standard InChI is InChI=1S/C24H22ClF2N5S2.C2H6/c25-18-8-6-17(7-9-18)23-22(16-4-2-1-3-5-16)15-32(30-23)24(29-10-11-33-28)31-34-21-13-19(26)12-20(27)14-21;1-2/h1-9,12-14,22H,10-11,15,28H2,(H,29,31);1-2H3. The topological polar surface area (TPSA) is 66.0 Å². The molecule has 0 saturated heterocycles. The summed E-state index contributed by atoms with van der Waals surface area (Å²) >= 11 is 8.36. The number of halogens is 3. The lowest BCUT2D eigenvalue weighted by Gasteiger charge is -2.19. The van der Waals surface area contributed by atoms with Crippen LogP contribution >= 0.6 is 35.5 Å². The average Bonchev–Trinajstić information content (AvgIpc) is 3.33. The Morgan fingerprint density at radius 1 is 1.08 bits per heavy atom. The minimum absolute atomic E-state index is 0.00475. The van der Waals surface area contributed by atoms with Crippen LogP contribution in [0.25, 0.3) is 0 Å². The molecule has 5 nitrogen and oxygen atoms in total. The molecule has 0 amide bonds. The summed E-state index contributed by atoms with van der Waals surface area (Å²) in [6, 6.07) is 21.0. The van der Waals surface area contributed by atoms with E-state index in [4.69, 9.17) is 21.8 Å². The third kappa shape index (κ3) is 7.70. The van der Waals surface area contributed by atoms with Crippen LogP contribution in [0, 0.1) is 11.6 Å². The maximum atomic E-state index is 13.6. The predicted octanol–water partition coefficient (Wildman–Crippen LogP) is 6.71. The van der Waals surface area contributed by atoms with Crippen LogP contribution in [0.4, 0.5) is 8.78 Å². The van der Waals surface area contributed by atoms with Crippen LogP contribution in [0.5, 0.6) is 0 Å². The Kier molecular flexibility index (Phi) is 11.1. The number of guanidine groups is 1. The molecule has 1 aliphatic rings. The second-order valence-corrected chi connectivity index (χ2v) is 9.48. The fraction of sp³-hybridized carbons (Fsp3) is 0.231. The van der Waals surface area contributed by atoms with Gasteiger partial charge in [0.2, 0.25) is 5.96 Å². The van der Waals surface area contributed by atoms with Crippen LogP contribution in [0.15, 0.2) is 87.8 Å². The molecule has 0 fully saturated rings. The quantitative estimate of drug-likeness (QED) is 0.149. The van der Waals surface area contributed by atoms with E-state index in [1.54, 1.807) is 5.01 Å². The normalized spacial score (nSPS) is 15.3. The highest BCUT2D eigenvalue weighted by atomic mass is 35.5. The molecule has 3 aromatic rings. The lowest BCUT2D eigenvalue weighted by Crippen LogP contribution is -2.34. The van der Waals surface area contributed by atoms with Gasteiger partial charge in [-0.25, -0.2) is 18.8 Å². The van der Waals surface area contributed by atoms with Crippen LogP contribution in [-0.2, 0) is 0 Å². The highest BCUT2D eigenvalue weighted by Crippen LogP contribution is 2.30. The number of nitrogens with two attached hydrogens (primary N) is 1. The van der Waals surface area contributed by atoms with Gasteiger partial charge < -0.3 is 0 Å². The van der Waals surface area contributed by atoms with Crippen molar-refractivity contribution >= 4 is 47.2 Å². The number of aliphatic imine (C=N–C) groups is 1. The van der Waals surface area contributed by atoms with Crippen molar-refractivity contribution in [1.82, 2.24) is 9.73 Å². The number of hydrazone groups is 1. The Morgan fingerprint density at radius 3 is 2.39 bits per heavy atom. The SMILES string of the molecule is CC.NSCCN=C(NSc1cc(F)cc(F)c1)N1CC(c2ccccc2)C(c2ccc(Cl)cc2)=N1. The van der Waals surface area contributed by atoms with Gasteiger partial charge in [0, 0.05) is 27.7 Å². The summed E-state index contributed by atoms with van der Waals surface area (Å²) in [5, 5.41) is 12.9. The number of rotatable bonds is 7.